The van der Waals surface area contributed by atoms with E-state index in [9.17, 15) is 18.0 Å². The zero-order chi connectivity index (χ0) is 29.8. The second kappa shape index (κ2) is 15.7. The first-order valence-corrected chi connectivity index (χ1v) is 16.6. The van der Waals surface area contributed by atoms with E-state index in [0.29, 0.717) is 25.1 Å². The number of carbonyl (C=O) groups excluding carboxylic acids is 2. The van der Waals surface area contributed by atoms with Crippen molar-refractivity contribution >= 4 is 43.5 Å². The van der Waals surface area contributed by atoms with Crippen LogP contribution in [0.4, 0.5) is 5.69 Å². The molecular weight excluding hydrogens is 602 g/mol. The Morgan fingerprint density at radius 2 is 1.56 bits per heavy atom. The molecule has 0 heterocycles. The molecule has 3 rings (SSSR count). The van der Waals surface area contributed by atoms with Crippen LogP contribution < -0.4 is 9.62 Å². The molecule has 0 aliphatic carbocycles. The summed E-state index contributed by atoms with van der Waals surface area (Å²) in [6, 6.07) is 23.9. The van der Waals surface area contributed by atoms with Gasteiger partial charge in [-0.1, -0.05) is 89.4 Å². The number of aryl methyl sites for hydroxylation is 1. The maximum absolute atomic E-state index is 13.9. The van der Waals surface area contributed by atoms with Crippen molar-refractivity contribution in [2.75, 3.05) is 23.7 Å². The Kier molecular flexibility index (Phi) is 12.4. The van der Waals surface area contributed by atoms with Gasteiger partial charge in [-0.25, -0.2) is 8.42 Å². The van der Waals surface area contributed by atoms with E-state index in [1.807, 2.05) is 73.7 Å². The summed E-state index contributed by atoms with van der Waals surface area (Å²) in [4.78, 5) is 29.0. The van der Waals surface area contributed by atoms with E-state index < -0.39 is 16.1 Å². The van der Waals surface area contributed by atoms with Gasteiger partial charge in [0.2, 0.25) is 21.8 Å². The number of sulfonamides is 1. The van der Waals surface area contributed by atoms with Crippen LogP contribution in [0.15, 0.2) is 83.3 Å². The van der Waals surface area contributed by atoms with Crippen LogP contribution >= 0.6 is 15.9 Å². The number of hydrogen-bond acceptors (Lipinski definition) is 4. The van der Waals surface area contributed by atoms with Gasteiger partial charge in [-0.2, -0.15) is 0 Å². The molecule has 2 amide bonds. The zero-order valence-electron chi connectivity index (χ0n) is 24.1. The second-order valence-corrected chi connectivity index (χ2v) is 13.1. The summed E-state index contributed by atoms with van der Waals surface area (Å²) in [5, 5.41) is 3.03. The summed E-state index contributed by atoms with van der Waals surface area (Å²) in [5.41, 5.74) is 3.45. The van der Waals surface area contributed by atoms with Crippen molar-refractivity contribution in [3.05, 3.63) is 100 Å². The first kappa shape index (κ1) is 32.3. The molecule has 0 unspecified atom stereocenters. The van der Waals surface area contributed by atoms with Gasteiger partial charge in [0, 0.05) is 36.9 Å². The second-order valence-electron chi connectivity index (χ2n) is 10.3. The van der Waals surface area contributed by atoms with E-state index >= 15 is 0 Å². The Morgan fingerprint density at radius 1 is 0.902 bits per heavy atom. The van der Waals surface area contributed by atoms with E-state index in [0.717, 1.165) is 34.0 Å². The molecule has 0 spiro atoms. The normalized spacial score (nSPS) is 12.0. The third kappa shape index (κ3) is 10.3. The zero-order valence-corrected chi connectivity index (χ0v) is 26.5. The highest BCUT2D eigenvalue weighted by Crippen LogP contribution is 2.21. The molecule has 0 aliphatic rings. The third-order valence-electron chi connectivity index (χ3n) is 6.84. The van der Waals surface area contributed by atoms with Crippen LogP contribution in [0.2, 0.25) is 0 Å². The Hall–Kier alpha value is -3.17. The van der Waals surface area contributed by atoms with Crippen molar-refractivity contribution in [1.29, 1.82) is 0 Å². The molecule has 0 aliphatic heterocycles. The van der Waals surface area contributed by atoms with Gasteiger partial charge in [-0.05, 0) is 55.2 Å². The molecule has 41 heavy (non-hydrogen) atoms. The minimum atomic E-state index is -3.55. The molecule has 0 bridgehead atoms. The minimum Gasteiger partial charge on any atom is -0.354 e. The highest BCUT2D eigenvalue weighted by atomic mass is 79.9. The topological polar surface area (TPSA) is 86.8 Å². The lowest BCUT2D eigenvalue weighted by Crippen LogP contribution is -2.50. The van der Waals surface area contributed by atoms with Gasteiger partial charge in [-0.3, -0.25) is 13.9 Å². The molecule has 220 valence electrons. The molecule has 7 nitrogen and oxygen atoms in total. The standard InChI is InChI=1S/C32H40BrN3O4S/c1-4-5-21-34-32(38)30(23-26-10-7-6-8-11-26)35(24-27-15-17-28(33)18-16-27)31(37)12-9-22-36(41(3,39)40)29-19-13-25(2)14-20-29/h6-8,10-11,13-20,30H,4-5,9,12,21-24H2,1-3H3,(H,34,38)/t30-/m0/s1. The van der Waals surface area contributed by atoms with E-state index in [1.165, 1.54) is 10.6 Å². The van der Waals surface area contributed by atoms with Crippen LogP contribution in [0.1, 0.15) is 49.3 Å². The molecule has 0 saturated carbocycles. The summed E-state index contributed by atoms with van der Waals surface area (Å²) < 4.78 is 27.4. The number of amides is 2. The lowest BCUT2D eigenvalue weighted by molar-refractivity contribution is -0.141. The number of rotatable bonds is 15. The fraction of sp³-hybridized carbons (Fsp3) is 0.375. The van der Waals surface area contributed by atoms with E-state index in [4.69, 9.17) is 0 Å². The van der Waals surface area contributed by atoms with Gasteiger partial charge in [0.25, 0.3) is 0 Å². The SMILES string of the molecule is CCCCNC(=O)[C@H](Cc1ccccc1)N(Cc1ccc(Br)cc1)C(=O)CCCN(c1ccc(C)cc1)S(C)(=O)=O. The summed E-state index contributed by atoms with van der Waals surface area (Å²) in [7, 11) is -3.55. The molecule has 0 radical (unpaired) electrons. The fourth-order valence-corrected chi connectivity index (χ4v) is 5.79. The van der Waals surface area contributed by atoms with Gasteiger partial charge >= 0.3 is 0 Å². The monoisotopic (exact) mass is 641 g/mol. The Balaban J connectivity index is 1.86. The smallest absolute Gasteiger partial charge is 0.243 e. The number of carbonyl (C=O) groups is 2. The van der Waals surface area contributed by atoms with Crippen molar-refractivity contribution in [3.63, 3.8) is 0 Å². The van der Waals surface area contributed by atoms with Crippen LogP contribution in [0.5, 0.6) is 0 Å². The van der Waals surface area contributed by atoms with Crippen molar-refractivity contribution in [2.24, 2.45) is 0 Å². The van der Waals surface area contributed by atoms with E-state index in [1.54, 1.807) is 17.0 Å². The largest absolute Gasteiger partial charge is 0.354 e. The highest BCUT2D eigenvalue weighted by Gasteiger charge is 2.30. The number of halogens is 1. The van der Waals surface area contributed by atoms with Crippen molar-refractivity contribution in [3.8, 4) is 0 Å². The number of unbranched alkanes of at least 4 members (excludes halogenated alkanes) is 1. The quantitative estimate of drug-likeness (QED) is 0.211. The molecule has 0 saturated heterocycles. The molecule has 0 aromatic heterocycles. The van der Waals surface area contributed by atoms with Crippen LogP contribution in [-0.2, 0) is 32.6 Å². The maximum Gasteiger partial charge on any atom is 0.243 e. The fourth-order valence-electron chi connectivity index (χ4n) is 4.56. The van der Waals surface area contributed by atoms with E-state index in [-0.39, 0.29) is 31.3 Å². The average molecular weight is 643 g/mol. The summed E-state index contributed by atoms with van der Waals surface area (Å²) >= 11 is 3.46. The number of nitrogens with zero attached hydrogens (tertiary/aromatic N) is 2. The Morgan fingerprint density at radius 3 is 2.17 bits per heavy atom. The number of nitrogens with one attached hydrogen (secondary N) is 1. The van der Waals surface area contributed by atoms with Gasteiger partial charge in [0.1, 0.15) is 6.04 Å². The summed E-state index contributed by atoms with van der Waals surface area (Å²) in [6.07, 6.45) is 3.76. The summed E-state index contributed by atoms with van der Waals surface area (Å²) in [5.74, 6) is -0.387. The maximum atomic E-state index is 13.9. The Bertz CT molecular complexity index is 1360. The van der Waals surface area contributed by atoms with Crippen LogP contribution in [-0.4, -0.2) is 50.5 Å². The van der Waals surface area contributed by atoms with Gasteiger partial charge < -0.3 is 10.2 Å². The van der Waals surface area contributed by atoms with E-state index in [2.05, 4.69) is 28.2 Å². The van der Waals surface area contributed by atoms with Crippen LogP contribution in [0.25, 0.3) is 0 Å². The van der Waals surface area contributed by atoms with Gasteiger partial charge in [-0.15, -0.1) is 0 Å². The Labute approximate surface area is 253 Å². The van der Waals surface area contributed by atoms with Gasteiger partial charge in [0.15, 0.2) is 0 Å². The molecule has 0 fully saturated rings. The predicted octanol–water partition coefficient (Wildman–Crippen LogP) is 5.86. The predicted molar refractivity (Wildman–Crippen MR) is 169 cm³/mol. The number of hydrogen-bond donors (Lipinski definition) is 1. The van der Waals surface area contributed by atoms with Crippen molar-refractivity contribution in [1.82, 2.24) is 10.2 Å². The third-order valence-corrected chi connectivity index (χ3v) is 8.56. The highest BCUT2D eigenvalue weighted by molar-refractivity contribution is 9.10. The molecule has 1 N–H and O–H groups in total. The molecule has 3 aromatic rings. The van der Waals surface area contributed by atoms with Crippen molar-refractivity contribution in [2.45, 2.75) is 58.5 Å². The first-order valence-electron chi connectivity index (χ1n) is 14.0. The van der Waals surface area contributed by atoms with Crippen LogP contribution in [0, 0.1) is 6.92 Å². The van der Waals surface area contributed by atoms with Crippen molar-refractivity contribution < 1.29 is 18.0 Å². The molecule has 3 aromatic carbocycles. The van der Waals surface area contributed by atoms with Gasteiger partial charge in [0.05, 0.1) is 11.9 Å². The summed E-state index contributed by atoms with van der Waals surface area (Å²) in [6.45, 7) is 4.97. The lowest BCUT2D eigenvalue weighted by Gasteiger charge is -2.32. The average Bonchev–Trinajstić information content (AvgIpc) is 2.94. The minimum absolute atomic E-state index is 0.0991. The number of benzene rings is 3. The molecular formula is C32H40BrN3O4S. The lowest BCUT2D eigenvalue weighted by atomic mass is 10.0. The number of anilines is 1. The molecule has 1 atom stereocenters. The van der Waals surface area contributed by atoms with Crippen LogP contribution in [0.3, 0.4) is 0 Å². The first-order chi connectivity index (χ1) is 19.6. The molecule has 9 heteroatoms.